The van der Waals surface area contributed by atoms with Crippen LogP contribution in [0.3, 0.4) is 0 Å². The Morgan fingerprint density at radius 2 is 1.85 bits per heavy atom. The average molecular weight is 187 g/mol. The maximum absolute atomic E-state index is 11.2. The maximum Gasteiger partial charge on any atom is 0.425 e. The lowest BCUT2D eigenvalue weighted by molar-refractivity contribution is 0.161. The number of hydrogen-bond donors (Lipinski definition) is 2. The van der Waals surface area contributed by atoms with Crippen LogP contribution in [0.2, 0.25) is 0 Å². The fraction of sp³-hybridized carbons (Fsp3) is 0.714. The van der Waals surface area contributed by atoms with Crippen molar-refractivity contribution in [2.24, 2.45) is 0 Å². The Morgan fingerprint density at radius 3 is 2.38 bits per heavy atom. The molecule has 1 aliphatic rings. The lowest BCUT2D eigenvalue weighted by atomic mass is 10.4. The highest BCUT2D eigenvalue weighted by molar-refractivity contribution is 5.77. The van der Waals surface area contributed by atoms with Gasteiger partial charge in [-0.15, -0.1) is 0 Å². The third kappa shape index (κ3) is 2.81. The summed E-state index contributed by atoms with van der Waals surface area (Å²) >= 11 is 0. The van der Waals surface area contributed by atoms with Crippen LogP contribution in [0.15, 0.2) is 0 Å². The van der Waals surface area contributed by atoms with Crippen molar-refractivity contribution in [3.8, 4) is 0 Å². The lowest BCUT2D eigenvalue weighted by Gasteiger charge is -2.15. The molecule has 0 aliphatic carbocycles. The predicted molar refractivity (Wildman–Crippen MR) is 44.9 cm³/mol. The Morgan fingerprint density at radius 1 is 1.23 bits per heavy atom. The fourth-order valence-corrected chi connectivity index (χ4v) is 1.15. The van der Waals surface area contributed by atoms with Crippen molar-refractivity contribution in [3.05, 3.63) is 0 Å². The highest BCUT2D eigenvalue weighted by atomic mass is 16.5. The largest absolute Gasteiger partial charge is 0.452 e. The summed E-state index contributed by atoms with van der Waals surface area (Å²) in [6.07, 6.45) is 1.37. The van der Waals surface area contributed by atoms with Gasteiger partial charge in [0.1, 0.15) is 0 Å². The van der Waals surface area contributed by atoms with E-state index < -0.39 is 6.09 Å². The second-order valence-corrected chi connectivity index (χ2v) is 2.74. The lowest BCUT2D eigenvalue weighted by Crippen LogP contribution is -2.47. The van der Waals surface area contributed by atoms with Crippen molar-refractivity contribution >= 4 is 12.1 Å². The van der Waals surface area contributed by atoms with Gasteiger partial charge in [-0.05, 0) is 12.8 Å². The Hall–Kier alpha value is -1.46. The molecule has 6 nitrogen and oxygen atoms in total. The monoisotopic (exact) mass is 187 g/mol. The minimum absolute atomic E-state index is 0.289. The number of hydrogen-bond acceptors (Lipinski definition) is 3. The van der Waals surface area contributed by atoms with Gasteiger partial charge < -0.3 is 9.64 Å². The Bertz CT molecular complexity index is 201. The van der Waals surface area contributed by atoms with Crippen LogP contribution in [0.4, 0.5) is 9.59 Å². The first kappa shape index (κ1) is 9.63. The first-order valence-corrected chi connectivity index (χ1v) is 4.13. The van der Waals surface area contributed by atoms with E-state index >= 15 is 0 Å². The molecule has 0 atom stereocenters. The summed E-state index contributed by atoms with van der Waals surface area (Å²) in [4.78, 5) is 23.4. The number of carbonyl (C=O) groups is 2. The van der Waals surface area contributed by atoms with Gasteiger partial charge in [0.05, 0.1) is 7.11 Å². The maximum atomic E-state index is 11.2. The number of amides is 3. The van der Waals surface area contributed by atoms with Gasteiger partial charge in [0.2, 0.25) is 0 Å². The molecule has 0 saturated carbocycles. The van der Waals surface area contributed by atoms with Gasteiger partial charge >= 0.3 is 12.1 Å². The zero-order chi connectivity index (χ0) is 9.68. The van der Waals surface area contributed by atoms with Crippen LogP contribution in [0, 0.1) is 0 Å². The van der Waals surface area contributed by atoms with Gasteiger partial charge in [0.15, 0.2) is 0 Å². The molecule has 0 unspecified atom stereocenters. The molecule has 13 heavy (non-hydrogen) atoms. The second kappa shape index (κ2) is 4.54. The molecule has 2 N–H and O–H groups in total. The number of methoxy groups -OCH3 is 1. The summed E-state index contributed by atoms with van der Waals surface area (Å²) in [6, 6.07) is -0.289. The van der Waals surface area contributed by atoms with E-state index in [1.54, 1.807) is 4.90 Å². The normalized spacial score (nSPS) is 15.3. The SMILES string of the molecule is COC(=O)NNC(=O)N1CCCC1. The number of rotatable bonds is 0. The van der Waals surface area contributed by atoms with E-state index in [1.807, 2.05) is 0 Å². The predicted octanol–water partition coefficient (Wildman–Crippen LogP) is 0.0628. The zero-order valence-electron chi connectivity index (χ0n) is 7.50. The number of hydrazine groups is 1. The van der Waals surface area contributed by atoms with E-state index in [4.69, 9.17) is 0 Å². The summed E-state index contributed by atoms with van der Waals surface area (Å²) in [5.74, 6) is 0. The third-order valence-corrected chi connectivity index (χ3v) is 1.85. The van der Waals surface area contributed by atoms with Gasteiger partial charge in [-0.2, -0.15) is 0 Å². The molecule has 6 heteroatoms. The summed E-state index contributed by atoms with van der Waals surface area (Å²) in [7, 11) is 1.23. The fourth-order valence-electron chi connectivity index (χ4n) is 1.15. The van der Waals surface area contributed by atoms with Crippen LogP contribution in [0.5, 0.6) is 0 Å². The smallest absolute Gasteiger partial charge is 0.425 e. The van der Waals surface area contributed by atoms with E-state index in [9.17, 15) is 9.59 Å². The Kier molecular flexibility index (Phi) is 3.36. The topological polar surface area (TPSA) is 70.7 Å². The Balaban J connectivity index is 2.20. The molecule has 0 aromatic heterocycles. The van der Waals surface area contributed by atoms with E-state index in [0.717, 1.165) is 25.9 Å². The van der Waals surface area contributed by atoms with E-state index in [0.29, 0.717) is 0 Å². The average Bonchev–Trinajstić information content (AvgIpc) is 2.66. The molecule has 0 spiro atoms. The quantitative estimate of drug-likeness (QED) is 0.527. The van der Waals surface area contributed by atoms with Crippen molar-refractivity contribution in [1.29, 1.82) is 0 Å². The Labute approximate surface area is 76.2 Å². The summed E-state index contributed by atoms with van der Waals surface area (Å²) in [5, 5.41) is 0. The number of nitrogens with zero attached hydrogens (tertiary/aromatic N) is 1. The minimum atomic E-state index is -0.674. The van der Waals surface area contributed by atoms with E-state index in [1.165, 1.54) is 7.11 Å². The van der Waals surface area contributed by atoms with E-state index in [-0.39, 0.29) is 6.03 Å². The van der Waals surface area contributed by atoms with Crippen molar-refractivity contribution < 1.29 is 14.3 Å². The van der Waals surface area contributed by atoms with Crippen LogP contribution in [-0.2, 0) is 4.74 Å². The number of urea groups is 1. The highest BCUT2D eigenvalue weighted by Crippen LogP contribution is 2.06. The molecule has 1 heterocycles. The van der Waals surface area contributed by atoms with Crippen molar-refractivity contribution in [2.75, 3.05) is 20.2 Å². The first-order chi connectivity index (χ1) is 6.24. The highest BCUT2D eigenvalue weighted by Gasteiger charge is 2.17. The molecule has 0 bridgehead atoms. The van der Waals surface area contributed by atoms with Gasteiger partial charge in [0.25, 0.3) is 0 Å². The molecular weight excluding hydrogens is 174 g/mol. The molecule has 0 aromatic carbocycles. The molecule has 1 aliphatic heterocycles. The van der Waals surface area contributed by atoms with Crippen LogP contribution in [-0.4, -0.2) is 37.2 Å². The van der Waals surface area contributed by atoms with Crippen molar-refractivity contribution in [1.82, 2.24) is 15.8 Å². The van der Waals surface area contributed by atoms with Crippen LogP contribution in [0.1, 0.15) is 12.8 Å². The number of ether oxygens (including phenoxy) is 1. The summed E-state index contributed by atoms with van der Waals surface area (Å²) in [5.41, 5.74) is 4.34. The summed E-state index contributed by atoms with van der Waals surface area (Å²) in [6.45, 7) is 1.49. The number of nitrogens with one attached hydrogen (secondary N) is 2. The van der Waals surface area contributed by atoms with Crippen molar-refractivity contribution in [3.63, 3.8) is 0 Å². The zero-order valence-corrected chi connectivity index (χ0v) is 7.50. The van der Waals surface area contributed by atoms with Crippen LogP contribution < -0.4 is 10.9 Å². The van der Waals surface area contributed by atoms with Gasteiger partial charge in [-0.1, -0.05) is 0 Å². The van der Waals surface area contributed by atoms with Crippen LogP contribution in [0.25, 0.3) is 0 Å². The first-order valence-electron chi connectivity index (χ1n) is 4.13. The number of likely N-dealkylation sites (tertiary alicyclic amines) is 1. The third-order valence-electron chi connectivity index (χ3n) is 1.85. The van der Waals surface area contributed by atoms with Gasteiger partial charge in [-0.3, -0.25) is 0 Å². The van der Waals surface area contributed by atoms with Gasteiger partial charge in [-0.25, -0.2) is 20.4 Å². The van der Waals surface area contributed by atoms with Crippen molar-refractivity contribution in [2.45, 2.75) is 12.8 Å². The molecular formula is C7H13N3O3. The number of carbonyl (C=O) groups excluding carboxylic acids is 2. The van der Waals surface area contributed by atoms with E-state index in [2.05, 4.69) is 15.6 Å². The standard InChI is InChI=1S/C7H13N3O3/c1-13-7(12)9-8-6(11)10-4-2-3-5-10/h2-5H2,1H3,(H,8,11)(H,9,12). The minimum Gasteiger partial charge on any atom is -0.452 e. The molecule has 1 rings (SSSR count). The van der Waals surface area contributed by atoms with Crippen LogP contribution >= 0.6 is 0 Å². The molecule has 3 amide bonds. The molecule has 1 saturated heterocycles. The molecule has 0 aromatic rings. The molecule has 74 valence electrons. The molecule has 0 radical (unpaired) electrons. The second-order valence-electron chi connectivity index (χ2n) is 2.74. The summed E-state index contributed by atoms with van der Waals surface area (Å²) < 4.78 is 4.28. The van der Waals surface area contributed by atoms with Gasteiger partial charge in [0, 0.05) is 13.1 Å². The molecule has 1 fully saturated rings.